The smallest absolute Gasteiger partial charge is 0.744 e. The molecule has 0 atom stereocenters. The first-order chi connectivity index (χ1) is 8.38. The predicted molar refractivity (Wildman–Crippen MR) is 69.3 cm³/mol. The maximum absolute atomic E-state index is 11.3. The zero-order valence-corrected chi connectivity index (χ0v) is 14.0. The first kappa shape index (κ1) is 16.4. The van der Waals surface area contributed by atoms with E-state index in [1.165, 1.54) is 6.07 Å². The summed E-state index contributed by atoms with van der Waals surface area (Å²) in [4.78, 5) is -0.161. The van der Waals surface area contributed by atoms with Gasteiger partial charge in [-0.05, 0) is 36.6 Å². The van der Waals surface area contributed by atoms with E-state index >= 15 is 0 Å². The van der Waals surface area contributed by atoms with E-state index in [4.69, 9.17) is 0 Å². The summed E-state index contributed by atoms with van der Waals surface area (Å²) in [6.07, 6.45) is 0. The molecule has 0 heterocycles. The molecule has 0 saturated carbocycles. The van der Waals surface area contributed by atoms with E-state index in [-0.39, 0.29) is 34.5 Å². The number of rotatable bonds is 2. The van der Waals surface area contributed by atoms with Crippen molar-refractivity contribution in [2.24, 2.45) is 0 Å². The molecule has 0 aliphatic rings. The molecular formula is C14H13NaO3S. The van der Waals surface area contributed by atoms with Gasteiger partial charge >= 0.3 is 29.6 Å². The van der Waals surface area contributed by atoms with Gasteiger partial charge in [0.25, 0.3) is 0 Å². The standard InChI is InChI=1S/C14H14O3S.Na/c1-10-3-6-12(7-4-10)13-8-5-11(2)9-14(13)18(15,16)17;/h3-9H,1-2H3,(H,15,16,17);/q;+1/p-1. The van der Waals surface area contributed by atoms with Crippen molar-refractivity contribution in [2.75, 3.05) is 0 Å². The van der Waals surface area contributed by atoms with Gasteiger partial charge in [0.1, 0.15) is 10.1 Å². The van der Waals surface area contributed by atoms with Gasteiger partial charge in [-0.1, -0.05) is 42.0 Å². The number of benzene rings is 2. The summed E-state index contributed by atoms with van der Waals surface area (Å²) in [5.74, 6) is 0. The van der Waals surface area contributed by atoms with Crippen LogP contribution in [0.15, 0.2) is 47.4 Å². The fourth-order valence-electron chi connectivity index (χ4n) is 1.81. The van der Waals surface area contributed by atoms with E-state index in [1.54, 1.807) is 19.1 Å². The molecule has 0 fully saturated rings. The Balaban J connectivity index is 0.00000180. The molecule has 0 saturated heterocycles. The maximum atomic E-state index is 11.3. The normalized spacial score (nSPS) is 10.9. The summed E-state index contributed by atoms with van der Waals surface area (Å²) in [6, 6.07) is 12.3. The Bertz CT molecular complexity index is 676. The first-order valence-corrected chi connectivity index (χ1v) is 6.92. The Kier molecular flexibility index (Phi) is 5.35. The van der Waals surface area contributed by atoms with Gasteiger partial charge in [-0.25, -0.2) is 8.42 Å². The van der Waals surface area contributed by atoms with Crippen LogP contribution in [-0.4, -0.2) is 13.0 Å². The van der Waals surface area contributed by atoms with E-state index < -0.39 is 10.1 Å². The Labute approximate surface area is 135 Å². The molecule has 94 valence electrons. The van der Waals surface area contributed by atoms with Crippen molar-refractivity contribution in [3.05, 3.63) is 53.6 Å². The van der Waals surface area contributed by atoms with Gasteiger partial charge in [0.15, 0.2) is 0 Å². The van der Waals surface area contributed by atoms with Crippen molar-refractivity contribution in [1.29, 1.82) is 0 Å². The van der Waals surface area contributed by atoms with Crippen LogP contribution in [0.4, 0.5) is 0 Å². The zero-order chi connectivity index (χ0) is 13.3. The van der Waals surface area contributed by atoms with Crippen molar-refractivity contribution < 1.29 is 42.5 Å². The van der Waals surface area contributed by atoms with E-state index in [0.29, 0.717) is 5.56 Å². The topological polar surface area (TPSA) is 57.2 Å². The van der Waals surface area contributed by atoms with Gasteiger partial charge in [0, 0.05) is 0 Å². The monoisotopic (exact) mass is 284 g/mol. The fourth-order valence-corrected chi connectivity index (χ4v) is 2.59. The third-order valence-electron chi connectivity index (χ3n) is 2.77. The zero-order valence-electron chi connectivity index (χ0n) is 11.2. The van der Waals surface area contributed by atoms with Crippen molar-refractivity contribution >= 4 is 10.1 Å². The quantitative estimate of drug-likeness (QED) is 0.570. The van der Waals surface area contributed by atoms with E-state index in [9.17, 15) is 13.0 Å². The second-order valence-corrected chi connectivity index (χ2v) is 5.67. The first-order valence-electron chi connectivity index (χ1n) is 5.51. The summed E-state index contributed by atoms with van der Waals surface area (Å²) in [6.45, 7) is 3.71. The van der Waals surface area contributed by atoms with Crippen molar-refractivity contribution in [1.82, 2.24) is 0 Å². The van der Waals surface area contributed by atoms with E-state index in [1.807, 2.05) is 31.2 Å². The minimum Gasteiger partial charge on any atom is -0.744 e. The van der Waals surface area contributed by atoms with Crippen LogP contribution in [0.3, 0.4) is 0 Å². The number of hydrogen-bond donors (Lipinski definition) is 0. The fraction of sp³-hybridized carbons (Fsp3) is 0.143. The molecule has 0 radical (unpaired) electrons. The van der Waals surface area contributed by atoms with Gasteiger partial charge in [0.2, 0.25) is 0 Å². The second-order valence-electron chi connectivity index (χ2n) is 4.32. The molecule has 19 heavy (non-hydrogen) atoms. The molecule has 5 heteroatoms. The minimum absolute atomic E-state index is 0. The van der Waals surface area contributed by atoms with Crippen LogP contribution < -0.4 is 29.6 Å². The van der Waals surface area contributed by atoms with Crippen LogP contribution >= 0.6 is 0 Å². The van der Waals surface area contributed by atoms with Crippen molar-refractivity contribution in [2.45, 2.75) is 18.7 Å². The molecular weight excluding hydrogens is 271 g/mol. The van der Waals surface area contributed by atoms with Gasteiger partial charge in [-0.3, -0.25) is 0 Å². The maximum Gasteiger partial charge on any atom is 1.00 e. The van der Waals surface area contributed by atoms with Crippen LogP contribution in [0.5, 0.6) is 0 Å². The molecule has 0 aliphatic heterocycles. The summed E-state index contributed by atoms with van der Waals surface area (Å²) in [5.41, 5.74) is 3.02. The van der Waals surface area contributed by atoms with Crippen LogP contribution in [0.2, 0.25) is 0 Å². The third kappa shape index (κ3) is 3.91. The summed E-state index contributed by atoms with van der Waals surface area (Å²) >= 11 is 0. The Morgan fingerprint density at radius 1 is 0.895 bits per heavy atom. The Morgan fingerprint density at radius 3 is 1.95 bits per heavy atom. The molecule has 0 aromatic heterocycles. The molecule has 0 amide bonds. The van der Waals surface area contributed by atoms with E-state index in [0.717, 1.165) is 16.7 Å². The molecule has 3 nitrogen and oxygen atoms in total. The molecule has 2 aromatic rings. The van der Waals surface area contributed by atoms with Crippen molar-refractivity contribution in [3.63, 3.8) is 0 Å². The van der Waals surface area contributed by atoms with Crippen LogP contribution in [-0.2, 0) is 10.1 Å². The predicted octanol–water partition coefficient (Wildman–Crippen LogP) is -0.121. The summed E-state index contributed by atoms with van der Waals surface area (Å²) < 4.78 is 33.9. The van der Waals surface area contributed by atoms with Gasteiger partial charge in [-0.2, -0.15) is 0 Å². The molecule has 0 spiro atoms. The molecule has 0 N–H and O–H groups in total. The molecule has 0 bridgehead atoms. The Hall–Kier alpha value is -0.650. The molecule has 2 aromatic carbocycles. The molecule has 0 unspecified atom stereocenters. The number of hydrogen-bond acceptors (Lipinski definition) is 3. The average Bonchev–Trinajstić information content (AvgIpc) is 2.29. The SMILES string of the molecule is Cc1ccc(-c2ccc(C)cc2S(=O)(=O)[O-])cc1.[Na+]. The van der Waals surface area contributed by atoms with Gasteiger partial charge < -0.3 is 4.55 Å². The largest absolute Gasteiger partial charge is 1.00 e. The number of aryl methyl sites for hydroxylation is 2. The minimum atomic E-state index is -4.46. The van der Waals surface area contributed by atoms with E-state index in [2.05, 4.69) is 0 Å². The van der Waals surface area contributed by atoms with Gasteiger partial charge in [0.05, 0.1) is 4.90 Å². The van der Waals surface area contributed by atoms with Crippen LogP contribution in [0.25, 0.3) is 11.1 Å². The average molecular weight is 284 g/mol. The second kappa shape index (κ2) is 6.20. The van der Waals surface area contributed by atoms with Gasteiger partial charge in [-0.15, -0.1) is 0 Å². The van der Waals surface area contributed by atoms with Crippen LogP contribution in [0, 0.1) is 13.8 Å². The summed E-state index contributed by atoms with van der Waals surface area (Å²) in [5, 5.41) is 0. The van der Waals surface area contributed by atoms with Crippen LogP contribution in [0.1, 0.15) is 11.1 Å². The summed E-state index contributed by atoms with van der Waals surface area (Å²) in [7, 11) is -4.46. The Morgan fingerprint density at radius 2 is 1.42 bits per heavy atom. The van der Waals surface area contributed by atoms with Crippen molar-refractivity contribution in [3.8, 4) is 11.1 Å². The molecule has 2 rings (SSSR count). The third-order valence-corrected chi connectivity index (χ3v) is 3.65. The molecule has 0 aliphatic carbocycles.